The van der Waals surface area contributed by atoms with E-state index in [1.807, 2.05) is 13.8 Å². The fraction of sp³-hybridized carbons (Fsp3) is 0.310. The zero-order valence-electron chi connectivity index (χ0n) is 23.1. The van der Waals surface area contributed by atoms with Crippen LogP contribution in [0, 0.1) is 0 Å². The highest BCUT2D eigenvalue weighted by atomic mass is 35.5. The molecule has 40 heavy (non-hydrogen) atoms. The summed E-state index contributed by atoms with van der Waals surface area (Å²) < 4.78 is 39.1. The number of carbonyl (C=O) groups excluding carboxylic acids is 2. The van der Waals surface area contributed by atoms with Crippen LogP contribution in [0.2, 0.25) is 5.02 Å². The molecule has 3 aromatic carbocycles. The second-order valence-corrected chi connectivity index (χ2v) is 11.6. The third-order valence-electron chi connectivity index (χ3n) is 6.14. The van der Waals surface area contributed by atoms with Crippen LogP contribution in [-0.4, -0.2) is 58.0 Å². The number of hydrogen-bond acceptors (Lipinski definition) is 6. The average Bonchev–Trinajstić information content (AvgIpc) is 2.94. The van der Waals surface area contributed by atoms with Gasteiger partial charge in [0, 0.05) is 12.6 Å². The summed E-state index contributed by atoms with van der Waals surface area (Å²) in [6.07, 6.45) is 0. The van der Waals surface area contributed by atoms with Gasteiger partial charge in [0.1, 0.15) is 24.1 Å². The Morgan fingerprint density at radius 3 is 2.12 bits per heavy atom. The molecular weight excluding hydrogens is 554 g/mol. The van der Waals surface area contributed by atoms with Gasteiger partial charge < -0.3 is 19.7 Å². The summed E-state index contributed by atoms with van der Waals surface area (Å²) in [7, 11) is -1.20. The molecule has 1 atom stereocenters. The zero-order chi connectivity index (χ0) is 29.4. The van der Waals surface area contributed by atoms with Crippen LogP contribution in [0.3, 0.4) is 0 Å². The molecule has 0 saturated carbocycles. The Balaban J connectivity index is 2.04. The van der Waals surface area contributed by atoms with Gasteiger partial charge in [-0.2, -0.15) is 0 Å². The van der Waals surface area contributed by atoms with Crippen molar-refractivity contribution in [1.82, 2.24) is 10.2 Å². The lowest BCUT2D eigenvalue weighted by Crippen LogP contribution is -2.52. The van der Waals surface area contributed by atoms with Gasteiger partial charge in [0.25, 0.3) is 10.0 Å². The molecule has 3 aromatic rings. The second-order valence-electron chi connectivity index (χ2n) is 9.35. The van der Waals surface area contributed by atoms with Crippen LogP contribution in [0.1, 0.15) is 26.3 Å². The van der Waals surface area contributed by atoms with Gasteiger partial charge in [-0.25, -0.2) is 8.42 Å². The van der Waals surface area contributed by atoms with Gasteiger partial charge in [-0.3, -0.25) is 13.9 Å². The molecule has 0 aliphatic heterocycles. The van der Waals surface area contributed by atoms with E-state index >= 15 is 0 Å². The Labute approximate surface area is 240 Å². The van der Waals surface area contributed by atoms with E-state index in [0.717, 1.165) is 9.87 Å². The Hall–Kier alpha value is -3.76. The van der Waals surface area contributed by atoms with Crippen LogP contribution < -0.4 is 19.1 Å². The summed E-state index contributed by atoms with van der Waals surface area (Å²) in [6, 6.07) is 18.3. The maximum absolute atomic E-state index is 13.9. The number of carbonyl (C=O) groups is 2. The Morgan fingerprint density at radius 1 is 0.925 bits per heavy atom. The molecule has 0 spiro atoms. The summed E-state index contributed by atoms with van der Waals surface area (Å²) in [5, 5.41) is 3.01. The quantitative estimate of drug-likeness (QED) is 0.335. The van der Waals surface area contributed by atoms with Gasteiger partial charge in [0.15, 0.2) is 0 Å². The van der Waals surface area contributed by atoms with E-state index in [2.05, 4.69) is 5.32 Å². The molecule has 9 nitrogen and oxygen atoms in total. The molecule has 2 amide bonds. The lowest BCUT2D eigenvalue weighted by molar-refractivity contribution is -0.139. The number of rotatable bonds is 12. The molecule has 3 rings (SSSR count). The summed E-state index contributed by atoms with van der Waals surface area (Å²) in [4.78, 5) is 28.3. The van der Waals surface area contributed by atoms with Crippen molar-refractivity contribution in [3.8, 4) is 11.5 Å². The van der Waals surface area contributed by atoms with E-state index in [0.29, 0.717) is 11.5 Å². The summed E-state index contributed by atoms with van der Waals surface area (Å²) in [5.74, 6) is 0.0631. The van der Waals surface area contributed by atoms with Crippen molar-refractivity contribution in [2.45, 2.75) is 44.3 Å². The number of sulfonamides is 1. The van der Waals surface area contributed by atoms with Crippen LogP contribution in [0.15, 0.2) is 77.7 Å². The van der Waals surface area contributed by atoms with Gasteiger partial charge >= 0.3 is 0 Å². The van der Waals surface area contributed by atoms with Gasteiger partial charge in [0.05, 0.1) is 29.8 Å². The van der Waals surface area contributed by atoms with Crippen LogP contribution in [0.4, 0.5) is 5.69 Å². The Morgan fingerprint density at radius 2 is 1.57 bits per heavy atom. The number of halogens is 1. The molecule has 0 aliphatic carbocycles. The number of nitrogens with zero attached hydrogens (tertiary/aromatic N) is 2. The highest BCUT2D eigenvalue weighted by molar-refractivity contribution is 7.92. The predicted molar refractivity (Wildman–Crippen MR) is 155 cm³/mol. The molecule has 0 heterocycles. The van der Waals surface area contributed by atoms with Crippen molar-refractivity contribution in [2.24, 2.45) is 0 Å². The summed E-state index contributed by atoms with van der Waals surface area (Å²) in [6.45, 7) is 4.75. The second kappa shape index (κ2) is 13.5. The number of methoxy groups -OCH3 is 2. The zero-order valence-corrected chi connectivity index (χ0v) is 24.7. The van der Waals surface area contributed by atoms with Gasteiger partial charge in [-0.15, -0.1) is 0 Å². The molecular formula is C29H34ClN3O6S. The van der Waals surface area contributed by atoms with E-state index < -0.39 is 28.5 Å². The fourth-order valence-corrected chi connectivity index (χ4v) is 5.65. The van der Waals surface area contributed by atoms with Crippen molar-refractivity contribution >= 4 is 39.1 Å². The smallest absolute Gasteiger partial charge is 0.264 e. The molecule has 0 unspecified atom stereocenters. The first kappa shape index (κ1) is 30.8. The topological polar surface area (TPSA) is 105 Å². The third-order valence-corrected chi connectivity index (χ3v) is 8.23. The maximum Gasteiger partial charge on any atom is 0.264 e. The number of ether oxygens (including phenoxy) is 2. The number of hydrogen-bond donors (Lipinski definition) is 1. The first-order chi connectivity index (χ1) is 19.0. The normalized spacial score (nSPS) is 12.0. The number of amides is 2. The van der Waals surface area contributed by atoms with Crippen molar-refractivity contribution in [3.05, 3.63) is 83.4 Å². The van der Waals surface area contributed by atoms with Crippen molar-refractivity contribution in [3.63, 3.8) is 0 Å². The predicted octanol–water partition coefficient (Wildman–Crippen LogP) is 4.49. The number of anilines is 1. The van der Waals surface area contributed by atoms with E-state index in [9.17, 15) is 18.0 Å². The lowest BCUT2D eigenvalue weighted by atomic mass is 10.1. The fourth-order valence-electron chi connectivity index (χ4n) is 3.97. The molecule has 0 aliphatic rings. The number of nitrogens with one attached hydrogen (secondary N) is 1. The molecule has 0 fully saturated rings. The largest absolute Gasteiger partial charge is 0.497 e. The molecule has 11 heteroatoms. The average molecular weight is 588 g/mol. The number of benzene rings is 3. The molecule has 0 bridgehead atoms. The van der Waals surface area contributed by atoms with Gasteiger partial charge in [0.2, 0.25) is 11.8 Å². The molecule has 0 aromatic heterocycles. The van der Waals surface area contributed by atoms with E-state index in [-0.39, 0.29) is 34.1 Å². The van der Waals surface area contributed by atoms with Crippen molar-refractivity contribution in [1.29, 1.82) is 0 Å². The lowest BCUT2D eigenvalue weighted by Gasteiger charge is -2.32. The van der Waals surface area contributed by atoms with E-state index in [1.165, 1.54) is 42.3 Å². The summed E-state index contributed by atoms with van der Waals surface area (Å²) in [5.41, 5.74) is 0.912. The highest BCUT2D eigenvalue weighted by Crippen LogP contribution is 2.32. The van der Waals surface area contributed by atoms with Crippen LogP contribution in [0.5, 0.6) is 11.5 Å². The van der Waals surface area contributed by atoms with E-state index in [4.69, 9.17) is 21.1 Å². The van der Waals surface area contributed by atoms with E-state index in [1.54, 1.807) is 56.5 Å². The minimum atomic E-state index is -4.20. The van der Waals surface area contributed by atoms with Crippen LogP contribution in [-0.2, 0) is 26.2 Å². The molecule has 214 valence electrons. The Bertz CT molecular complexity index is 1420. The standard InChI is InChI=1S/C29H34ClN3O6S/c1-20(2)31-29(35)21(3)32(18-22-11-14-24(38-4)15-12-22)28(34)19-33(23-13-16-27(39-5)26(30)17-23)40(36,37)25-9-7-6-8-10-25/h6-17,20-21H,18-19H2,1-5H3,(H,31,35)/t21-/m0/s1. The first-order valence-electron chi connectivity index (χ1n) is 12.6. The molecule has 0 saturated heterocycles. The van der Waals surface area contributed by atoms with Crippen LogP contribution in [0.25, 0.3) is 0 Å². The SMILES string of the molecule is COc1ccc(CN(C(=O)CN(c2ccc(OC)c(Cl)c2)S(=O)(=O)c2ccccc2)[C@@H](C)C(=O)NC(C)C)cc1. The van der Waals surface area contributed by atoms with Crippen molar-refractivity contribution in [2.75, 3.05) is 25.1 Å². The minimum Gasteiger partial charge on any atom is -0.497 e. The van der Waals surface area contributed by atoms with Gasteiger partial charge in [-0.1, -0.05) is 41.9 Å². The third kappa shape index (κ3) is 7.45. The maximum atomic E-state index is 13.9. The van der Waals surface area contributed by atoms with Crippen LogP contribution >= 0.6 is 11.6 Å². The molecule has 1 N–H and O–H groups in total. The highest BCUT2D eigenvalue weighted by Gasteiger charge is 2.33. The minimum absolute atomic E-state index is 0.00189. The Kier molecular flexibility index (Phi) is 10.4. The molecule has 0 radical (unpaired) electrons. The summed E-state index contributed by atoms with van der Waals surface area (Å²) >= 11 is 6.34. The van der Waals surface area contributed by atoms with Gasteiger partial charge in [-0.05, 0) is 68.8 Å². The first-order valence-corrected chi connectivity index (χ1v) is 14.4. The van der Waals surface area contributed by atoms with Crippen molar-refractivity contribution < 1.29 is 27.5 Å². The monoisotopic (exact) mass is 587 g/mol.